The molecule has 0 radical (unpaired) electrons. The highest BCUT2D eigenvalue weighted by Gasteiger charge is 2.34. The quantitative estimate of drug-likeness (QED) is 0.698. The van der Waals surface area contributed by atoms with E-state index in [-0.39, 0.29) is 24.3 Å². The van der Waals surface area contributed by atoms with E-state index in [0.29, 0.717) is 4.91 Å². The molecule has 0 bridgehead atoms. The molecule has 26 heavy (non-hydrogen) atoms. The molecule has 0 aliphatic carbocycles. The zero-order valence-electron chi connectivity index (χ0n) is 14.4. The van der Waals surface area contributed by atoms with Crippen molar-refractivity contribution in [2.24, 2.45) is 0 Å². The number of amides is 2. The first-order chi connectivity index (χ1) is 12.6. The monoisotopic (exact) mass is 365 g/mol. The number of aryl methyl sites for hydroxylation is 1. The molecule has 0 spiro atoms. The third kappa shape index (κ3) is 4.64. The van der Waals surface area contributed by atoms with E-state index in [9.17, 15) is 9.59 Å². The zero-order chi connectivity index (χ0) is 18.4. The molecule has 5 heteroatoms. The van der Waals surface area contributed by atoms with Gasteiger partial charge in [0.05, 0.1) is 11.4 Å². The van der Waals surface area contributed by atoms with Crippen molar-refractivity contribution in [2.45, 2.75) is 6.92 Å². The van der Waals surface area contributed by atoms with Crippen LogP contribution in [0.25, 0.3) is 6.08 Å². The standard InChI is InChI=1S/C21H19NO3S/c1-16-10-12-18(13-11-16)25-15-14-22-20(23)19(26-21(22)24)9-5-8-17-6-3-2-4-7-17/h2-13H,14-15H2,1H3/b8-5+,19-9-. The lowest BCUT2D eigenvalue weighted by molar-refractivity contribution is -0.123. The molecule has 1 heterocycles. The predicted octanol–water partition coefficient (Wildman–Crippen LogP) is 4.67. The largest absolute Gasteiger partial charge is 0.492 e. The molecule has 0 unspecified atom stereocenters. The lowest BCUT2D eigenvalue weighted by Crippen LogP contribution is -2.32. The molecule has 1 aliphatic heterocycles. The molecular formula is C21H19NO3S. The maximum absolute atomic E-state index is 12.4. The highest BCUT2D eigenvalue weighted by Crippen LogP contribution is 2.30. The molecule has 4 nitrogen and oxygen atoms in total. The summed E-state index contributed by atoms with van der Waals surface area (Å²) in [5.41, 5.74) is 2.19. The van der Waals surface area contributed by atoms with Crippen LogP contribution in [0.2, 0.25) is 0 Å². The minimum atomic E-state index is -0.273. The Morgan fingerprint density at radius 1 is 1.04 bits per heavy atom. The summed E-state index contributed by atoms with van der Waals surface area (Å²) in [6, 6.07) is 17.4. The molecule has 0 atom stereocenters. The van der Waals surface area contributed by atoms with Crippen molar-refractivity contribution in [1.82, 2.24) is 4.90 Å². The van der Waals surface area contributed by atoms with Crippen LogP contribution in [0.4, 0.5) is 4.79 Å². The number of carbonyl (C=O) groups is 2. The Bertz CT molecular complexity index is 841. The fourth-order valence-electron chi connectivity index (χ4n) is 2.41. The number of hydrogen-bond donors (Lipinski definition) is 0. The minimum Gasteiger partial charge on any atom is -0.492 e. The van der Waals surface area contributed by atoms with Gasteiger partial charge in [0, 0.05) is 0 Å². The lowest BCUT2D eigenvalue weighted by Gasteiger charge is -2.13. The number of carbonyl (C=O) groups excluding carboxylic acids is 2. The second-order valence-electron chi connectivity index (χ2n) is 5.79. The summed E-state index contributed by atoms with van der Waals surface area (Å²) in [6.45, 7) is 2.51. The van der Waals surface area contributed by atoms with Gasteiger partial charge in [-0.15, -0.1) is 0 Å². The van der Waals surface area contributed by atoms with Crippen molar-refractivity contribution in [3.8, 4) is 5.75 Å². The smallest absolute Gasteiger partial charge is 0.293 e. The Balaban J connectivity index is 1.55. The Morgan fingerprint density at radius 2 is 1.77 bits per heavy atom. The van der Waals surface area contributed by atoms with E-state index in [1.54, 1.807) is 12.2 Å². The first-order valence-electron chi connectivity index (χ1n) is 8.30. The Hall–Kier alpha value is -2.79. The summed E-state index contributed by atoms with van der Waals surface area (Å²) in [4.78, 5) is 26.1. The molecule has 132 valence electrons. The topological polar surface area (TPSA) is 46.6 Å². The second kappa shape index (κ2) is 8.54. The predicted molar refractivity (Wildman–Crippen MR) is 105 cm³/mol. The molecule has 1 aliphatic rings. The number of thioether (sulfide) groups is 1. The van der Waals surface area contributed by atoms with Crippen molar-refractivity contribution < 1.29 is 14.3 Å². The van der Waals surface area contributed by atoms with Gasteiger partial charge in [0.25, 0.3) is 11.1 Å². The fourth-order valence-corrected chi connectivity index (χ4v) is 3.22. The highest BCUT2D eigenvalue weighted by molar-refractivity contribution is 8.18. The van der Waals surface area contributed by atoms with Gasteiger partial charge in [0.15, 0.2) is 0 Å². The van der Waals surface area contributed by atoms with Crippen molar-refractivity contribution >= 4 is 29.0 Å². The number of rotatable bonds is 6. The summed E-state index contributed by atoms with van der Waals surface area (Å²) < 4.78 is 5.60. The van der Waals surface area contributed by atoms with Crippen LogP contribution in [-0.2, 0) is 4.79 Å². The van der Waals surface area contributed by atoms with Crippen LogP contribution in [0.5, 0.6) is 5.75 Å². The van der Waals surface area contributed by atoms with E-state index in [2.05, 4.69) is 0 Å². The van der Waals surface area contributed by atoms with E-state index in [4.69, 9.17) is 4.74 Å². The van der Waals surface area contributed by atoms with Crippen molar-refractivity contribution in [2.75, 3.05) is 13.2 Å². The molecule has 2 aromatic rings. The van der Waals surface area contributed by atoms with Crippen molar-refractivity contribution in [3.63, 3.8) is 0 Å². The van der Waals surface area contributed by atoms with Gasteiger partial charge in [-0.25, -0.2) is 0 Å². The maximum atomic E-state index is 12.4. The van der Waals surface area contributed by atoms with Gasteiger partial charge in [-0.1, -0.05) is 60.2 Å². The van der Waals surface area contributed by atoms with Crippen LogP contribution in [0.15, 0.2) is 71.7 Å². The van der Waals surface area contributed by atoms with E-state index >= 15 is 0 Å². The first-order valence-corrected chi connectivity index (χ1v) is 9.12. The van der Waals surface area contributed by atoms with Crippen molar-refractivity contribution in [3.05, 3.63) is 82.8 Å². The molecular weight excluding hydrogens is 346 g/mol. The van der Waals surface area contributed by atoms with Crippen LogP contribution in [-0.4, -0.2) is 29.2 Å². The van der Waals surface area contributed by atoms with Crippen LogP contribution in [0, 0.1) is 6.92 Å². The minimum absolute atomic E-state index is 0.234. The van der Waals surface area contributed by atoms with E-state index in [0.717, 1.165) is 28.6 Å². The second-order valence-corrected chi connectivity index (χ2v) is 6.78. The molecule has 2 amide bonds. The molecule has 2 aromatic carbocycles. The summed E-state index contributed by atoms with van der Waals surface area (Å²) in [7, 11) is 0. The Kier molecular flexibility index (Phi) is 5.92. The summed E-state index contributed by atoms with van der Waals surface area (Å²) in [6.07, 6.45) is 5.36. The molecule has 1 saturated heterocycles. The number of hydrogen-bond acceptors (Lipinski definition) is 4. The van der Waals surface area contributed by atoms with E-state index in [1.165, 1.54) is 4.90 Å². The number of imide groups is 1. The molecule has 1 fully saturated rings. The van der Waals surface area contributed by atoms with Crippen molar-refractivity contribution in [1.29, 1.82) is 0 Å². The third-order valence-corrected chi connectivity index (χ3v) is 4.74. The molecule has 0 N–H and O–H groups in total. The third-order valence-electron chi connectivity index (χ3n) is 3.81. The van der Waals surface area contributed by atoms with E-state index in [1.807, 2.05) is 67.6 Å². The maximum Gasteiger partial charge on any atom is 0.293 e. The first kappa shape index (κ1) is 18.0. The van der Waals surface area contributed by atoms with Gasteiger partial charge in [0.2, 0.25) is 0 Å². The number of benzene rings is 2. The lowest BCUT2D eigenvalue weighted by atomic mass is 10.2. The average Bonchev–Trinajstić information content (AvgIpc) is 2.92. The van der Waals surface area contributed by atoms with Crippen LogP contribution < -0.4 is 4.74 Å². The number of nitrogens with zero attached hydrogens (tertiary/aromatic N) is 1. The van der Waals surface area contributed by atoms with Gasteiger partial charge in [0.1, 0.15) is 12.4 Å². The van der Waals surface area contributed by atoms with Crippen LogP contribution in [0.1, 0.15) is 11.1 Å². The van der Waals surface area contributed by atoms with Gasteiger partial charge in [-0.2, -0.15) is 0 Å². The van der Waals surface area contributed by atoms with Gasteiger partial charge in [-0.3, -0.25) is 14.5 Å². The van der Waals surface area contributed by atoms with Gasteiger partial charge < -0.3 is 4.74 Å². The normalized spacial score (nSPS) is 16.0. The fraction of sp³-hybridized carbons (Fsp3) is 0.143. The van der Waals surface area contributed by atoms with Crippen LogP contribution >= 0.6 is 11.8 Å². The van der Waals surface area contributed by atoms with Gasteiger partial charge >= 0.3 is 0 Å². The van der Waals surface area contributed by atoms with Crippen LogP contribution in [0.3, 0.4) is 0 Å². The summed E-state index contributed by atoms with van der Waals surface area (Å²) in [5, 5.41) is -0.262. The molecule has 0 aromatic heterocycles. The Labute approximate surface area is 157 Å². The molecule has 3 rings (SSSR count). The summed E-state index contributed by atoms with van der Waals surface area (Å²) >= 11 is 0.957. The van der Waals surface area contributed by atoms with E-state index < -0.39 is 0 Å². The summed E-state index contributed by atoms with van der Waals surface area (Å²) in [5.74, 6) is 0.453. The number of ether oxygens (including phenoxy) is 1. The SMILES string of the molecule is Cc1ccc(OCCN2C(=O)S/C(=C\C=C\c3ccccc3)C2=O)cc1. The average molecular weight is 365 g/mol. The highest BCUT2D eigenvalue weighted by atomic mass is 32.2. The Morgan fingerprint density at radius 3 is 2.50 bits per heavy atom. The molecule has 0 saturated carbocycles. The number of allylic oxidation sites excluding steroid dienone is 2. The van der Waals surface area contributed by atoms with Gasteiger partial charge in [-0.05, 0) is 42.5 Å². The zero-order valence-corrected chi connectivity index (χ0v) is 15.2.